The third kappa shape index (κ3) is 3.08. The van der Waals surface area contributed by atoms with Crippen molar-refractivity contribution in [2.24, 2.45) is 11.8 Å². The Balaban J connectivity index is 1.86. The molecule has 88 valence electrons. The molecule has 0 bridgehead atoms. The van der Waals surface area contributed by atoms with E-state index in [1.54, 1.807) is 0 Å². The second-order valence-corrected chi connectivity index (χ2v) is 5.29. The monoisotopic (exact) mass is 218 g/mol. The van der Waals surface area contributed by atoms with E-state index in [1.807, 2.05) is 30.3 Å². The van der Waals surface area contributed by atoms with E-state index < -0.39 is 0 Å². The Kier molecular flexibility index (Phi) is 4.00. The quantitative estimate of drug-likeness (QED) is 0.814. The molecule has 1 saturated carbocycles. The molecule has 1 nitrogen and oxygen atoms in total. The van der Waals surface area contributed by atoms with Gasteiger partial charge in [-0.2, -0.15) is 0 Å². The van der Waals surface area contributed by atoms with E-state index in [1.165, 1.54) is 25.7 Å². The Hall–Kier alpha value is -0.820. The molecule has 1 aromatic rings. The maximum atomic E-state index is 10.1. The van der Waals surface area contributed by atoms with Gasteiger partial charge in [0.1, 0.15) is 0 Å². The lowest BCUT2D eigenvalue weighted by molar-refractivity contribution is 0.125. The van der Waals surface area contributed by atoms with Crippen LogP contribution in [0.25, 0.3) is 0 Å². The fraction of sp³-hybridized carbons (Fsp3) is 0.600. The second kappa shape index (κ2) is 5.49. The van der Waals surface area contributed by atoms with Gasteiger partial charge >= 0.3 is 0 Å². The Labute approximate surface area is 98.5 Å². The van der Waals surface area contributed by atoms with Crippen LogP contribution < -0.4 is 0 Å². The summed E-state index contributed by atoms with van der Waals surface area (Å²) in [6.45, 7) is 2.34. The number of rotatable bonds is 3. The van der Waals surface area contributed by atoms with Crippen molar-refractivity contribution in [2.45, 2.75) is 45.1 Å². The molecule has 0 radical (unpaired) electrons. The topological polar surface area (TPSA) is 20.2 Å². The van der Waals surface area contributed by atoms with Gasteiger partial charge in [0, 0.05) is 0 Å². The summed E-state index contributed by atoms with van der Waals surface area (Å²) in [5, 5.41) is 10.1. The molecule has 2 rings (SSSR count). The first kappa shape index (κ1) is 11.7. The molecule has 1 aliphatic rings. The first-order chi connectivity index (χ1) is 7.75. The van der Waals surface area contributed by atoms with Crippen LogP contribution >= 0.6 is 0 Å². The van der Waals surface area contributed by atoms with Gasteiger partial charge in [0.25, 0.3) is 0 Å². The van der Waals surface area contributed by atoms with E-state index in [0.717, 1.165) is 23.8 Å². The van der Waals surface area contributed by atoms with Gasteiger partial charge in [-0.25, -0.2) is 0 Å². The van der Waals surface area contributed by atoms with Gasteiger partial charge in [0.05, 0.1) is 6.10 Å². The molecule has 1 atom stereocenters. The first-order valence-corrected chi connectivity index (χ1v) is 6.48. The normalized spacial score (nSPS) is 27.6. The van der Waals surface area contributed by atoms with Gasteiger partial charge in [-0.15, -0.1) is 0 Å². The van der Waals surface area contributed by atoms with Gasteiger partial charge in [-0.3, -0.25) is 0 Å². The lowest BCUT2D eigenvalue weighted by Gasteiger charge is -2.27. The van der Waals surface area contributed by atoms with Crippen LogP contribution in [-0.4, -0.2) is 5.11 Å². The van der Waals surface area contributed by atoms with Crippen molar-refractivity contribution >= 4 is 0 Å². The molecule has 0 aliphatic heterocycles. The molecule has 1 aliphatic carbocycles. The van der Waals surface area contributed by atoms with Crippen molar-refractivity contribution in [2.75, 3.05) is 0 Å². The zero-order chi connectivity index (χ0) is 11.4. The number of aliphatic hydroxyl groups excluding tert-OH is 1. The highest BCUT2D eigenvalue weighted by atomic mass is 16.3. The third-order valence-corrected chi connectivity index (χ3v) is 3.88. The molecule has 1 aromatic carbocycles. The molecule has 0 amide bonds. The van der Waals surface area contributed by atoms with Crippen molar-refractivity contribution in [1.82, 2.24) is 0 Å². The average molecular weight is 218 g/mol. The van der Waals surface area contributed by atoms with Crippen LogP contribution in [0.2, 0.25) is 0 Å². The van der Waals surface area contributed by atoms with Crippen LogP contribution in [0.15, 0.2) is 30.3 Å². The predicted octanol–water partition coefficient (Wildman–Crippen LogP) is 3.94. The van der Waals surface area contributed by atoms with Crippen molar-refractivity contribution < 1.29 is 5.11 Å². The van der Waals surface area contributed by atoms with Gasteiger partial charge in [-0.05, 0) is 23.8 Å². The largest absolute Gasteiger partial charge is 0.388 e. The molecule has 0 saturated heterocycles. The van der Waals surface area contributed by atoms with Gasteiger partial charge < -0.3 is 5.11 Å². The fourth-order valence-electron chi connectivity index (χ4n) is 2.69. The van der Waals surface area contributed by atoms with Crippen molar-refractivity contribution in [3.05, 3.63) is 35.9 Å². The Morgan fingerprint density at radius 3 is 2.38 bits per heavy atom. The number of benzene rings is 1. The minimum atomic E-state index is -0.264. The summed E-state index contributed by atoms with van der Waals surface area (Å²) in [6.07, 6.45) is 5.95. The Bertz CT molecular complexity index is 298. The van der Waals surface area contributed by atoms with Crippen LogP contribution in [0.5, 0.6) is 0 Å². The van der Waals surface area contributed by atoms with E-state index in [9.17, 15) is 5.11 Å². The van der Waals surface area contributed by atoms with E-state index in [0.29, 0.717) is 0 Å². The van der Waals surface area contributed by atoms with E-state index in [-0.39, 0.29) is 6.10 Å². The molecule has 1 heteroatoms. The summed E-state index contributed by atoms with van der Waals surface area (Å²) in [7, 11) is 0. The highest BCUT2D eigenvalue weighted by molar-refractivity contribution is 5.17. The van der Waals surface area contributed by atoms with Crippen LogP contribution in [0.3, 0.4) is 0 Å². The molecule has 1 N–H and O–H groups in total. The standard InChI is InChI=1S/C15H22O/c1-12-7-9-13(10-8-12)11-15(16)14-5-3-2-4-6-14/h2-6,12-13,15-16H,7-11H2,1H3. The molecule has 16 heavy (non-hydrogen) atoms. The molecule has 0 aromatic heterocycles. The number of aliphatic hydroxyl groups is 1. The van der Waals surface area contributed by atoms with E-state index in [4.69, 9.17) is 0 Å². The van der Waals surface area contributed by atoms with Crippen LogP contribution in [-0.2, 0) is 0 Å². The SMILES string of the molecule is CC1CCC(CC(O)c2ccccc2)CC1. The van der Waals surface area contributed by atoms with Gasteiger partial charge in [-0.1, -0.05) is 62.9 Å². The summed E-state index contributed by atoms with van der Waals surface area (Å²) in [6, 6.07) is 10.0. The zero-order valence-electron chi connectivity index (χ0n) is 10.1. The Morgan fingerprint density at radius 2 is 1.75 bits per heavy atom. The van der Waals surface area contributed by atoms with Crippen LogP contribution in [0, 0.1) is 11.8 Å². The summed E-state index contributed by atoms with van der Waals surface area (Å²) in [4.78, 5) is 0. The van der Waals surface area contributed by atoms with E-state index in [2.05, 4.69) is 6.92 Å². The molecule has 0 spiro atoms. The maximum Gasteiger partial charge on any atom is 0.0792 e. The van der Waals surface area contributed by atoms with Crippen LogP contribution in [0.4, 0.5) is 0 Å². The minimum absolute atomic E-state index is 0.264. The zero-order valence-corrected chi connectivity index (χ0v) is 10.1. The fourth-order valence-corrected chi connectivity index (χ4v) is 2.69. The number of hydrogen-bond acceptors (Lipinski definition) is 1. The summed E-state index contributed by atoms with van der Waals surface area (Å²) < 4.78 is 0. The smallest absolute Gasteiger partial charge is 0.0792 e. The molecule has 1 unspecified atom stereocenters. The van der Waals surface area contributed by atoms with Crippen LogP contribution in [0.1, 0.15) is 50.7 Å². The summed E-state index contributed by atoms with van der Waals surface area (Å²) in [5.41, 5.74) is 1.07. The lowest BCUT2D eigenvalue weighted by Crippen LogP contribution is -2.15. The molecule has 1 fully saturated rings. The van der Waals surface area contributed by atoms with E-state index >= 15 is 0 Å². The highest BCUT2D eigenvalue weighted by Crippen LogP contribution is 2.34. The summed E-state index contributed by atoms with van der Waals surface area (Å²) in [5.74, 6) is 1.62. The average Bonchev–Trinajstić information content (AvgIpc) is 2.33. The lowest BCUT2D eigenvalue weighted by atomic mass is 9.80. The number of hydrogen-bond donors (Lipinski definition) is 1. The first-order valence-electron chi connectivity index (χ1n) is 6.48. The molecule has 0 heterocycles. The minimum Gasteiger partial charge on any atom is -0.388 e. The molecular formula is C15H22O. The third-order valence-electron chi connectivity index (χ3n) is 3.88. The highest BCUT2D eigenvalue weighted by Gasteiger charge is 2.21. The summed E-state index contributed by atoms with van der Waals surface area (Å²) >= 11 is 0. The maximum absolute atomic E-state index is 10.1. The predicted molar refractivity (Wildman–Crippen MR) is 67.1 cm³/mol. The van der Waals surface area contributed by atoms with Gasteiger partial charge in [0.2, 0.25) is 0 Å². The van der Waals surface area contributed by atoms with Crippen molar-refractivity contribution in [3.8, 4) is 0 Å². The van der Waals surface area contributed by atoms with Gasteiger partial charge in [0.15, 0.2) is 0 Å². The second-order valence-electron chi connectivity index (χ2n) is 5.29. The van der Waals surface area contributed by atoms with Crippen molar-refractivity contribution in [3.63, 3.8) is 0 Å². The molecular weight excluding hydrogens is 196 g/mol. The van der Waals surface area contributed by atoms with Crippen molar-refractivity contribution in [1.29, 1.82) is 0 Å². The Morgan fingerprint density at radius 1 is 1.12 bits per heavy atom.